The van der Waals surface area contributed by atoms with Crippen molar-refractivity contribution in [2.75, 3.05) is 6.61 Å². The summed E-state index contributed by atoms with van der Waals surface area (Å²) in [4.78, 5) is 16.4. The molecule has 0 radical (unpaired) electrons. The number of alkyl halides is 3. The minimum Gasteiger partial charge on any atom is -0.462 e. The summed E-state index contributed by atoms with van der Waals surface area (Å²) in [5.74, 6) is -0.416. The van der Waals surface area contributed by atoms with E-state index in [1.165, 1.54) is 6.07 Å². The first-order valence-corrected chi connectivity index (χ1v) is 9.62. The number of fused-ring (bicyclic) bond motifs is 1. The van der Waals surface area contributed by atoms with E-state index in [1.54, 1.807) is 54.0 Å². The number of nitrogens with zero attached hydrogens (tertiary/aromatic N) is 3. The molecule has 2 aromatic carbocycles. The molecular weight excluding hydrogens is 407 g/mol. The molecule has 5 nitrogen and oxygen atoms in total. The molecule has 4 rings (SSSR count). The lowest BCUT2D eigenvalue weighted by Gasteiger charge is -2.08. The highest BCUT2D eigenvalue weighted by Gasteiger charge is 2.30. The van der Waals surface area contributed by atoms with Gasteiger partial charge >= 0.3 is 12.1 Å². The Morgan fingerprint density at radius 1 is 1.06 bits per heavy atom. The van der Waals surface area contributed by atoms with Crippen LogP contribution in [0.1, 0.15) is 34.1 Å². The highest BCUT2D eigenvalue weighted by molar-refractivity contribution is 5.90. The Balaban J connectivity index is 1.69. The van der Waals surface area contributed by atoms with Crippen LogP contribution in [-0.4, -0.2) is 27.2 Å². The SMILES string of the molecule is CCOC(=O)c1cccc(-c2ccnc3cc(Cc4cccc(C(F)(F)F)c4)nn23)c1. The quantitative estimate of drug-likeness (QED) is 0.414. The van der Waals surface area contributed by atoms with E-state index >= 15 is 0 Å². The molecule has 0 aliphatic heterocycles. The van der Waals surface area contributed by atoms with Crippen LogP contribution in [-0.2, 0) is 17.3 Å². The highest BCUT2D eigenvalue weighted by atomic mass is 19.4. The van der Waals surface area contributed by atoms with Gasteiger partial charge < -0.3 is 4.74 Å². The van der Waals surface area contributed by atoms with E-state index in [9.17, 15) is 18.0 Å². The zero-order valence-corrected chi connectivity index (χ0v) is 16.6. The van der Waals surface area contributed by atoms with Crippen LogP contribution < -0.4 is 0 Å². The van der Waals surface area contributed by atoms with Gasteiger partial charge in [-0.05, 0) is 36.8 Å². The number of ether oxygens (including phenoxy) is 1. The van der Waals surface area contributed by atoms with Crippen molar-refractivity contribution in [3.63, 3.8) is 0 Å². The van der Waals surface area contributed by atoms with Gasteiger partial charge in [-0.1, -0.05) is 30.3 Å². The summed E-state index contributed by atoms with van der Waals surface area (Å²) in [6, 6.07) is 15.7. The Hall–Kier alpha value is -3.68. The van der Waals surface area contributed by atoms with E-state index in [-0.39, 0.29) is 13.0 Å². The van der Waals surface area contributed by atoms with E-state index in [1.807, 2.05) is 6.07 Å². The van der Waals surface area contributed by atoms with Crippen LogP contribution in [0.2, 0.25) is 0 Å². The van der Waals surface area contributed by atoms with Crippen LogP contribution in [0.25, 0.3) is 16.9 Å². The fraction of sp³-hybridized carbons (Fsp3) is 0.174. The van der Waals surface area contributed by atoms with E-state index in [4.69, 9.17) is 4.74 Å². The first-order chi connectivity index (χ1) is 14.8. The van der Waals surface area contributed by atoms with Crippen molar-refractivity contribution >= 4 is 11.6 Å². The molecule has 0 saturated heterocycles. The Bertz CT molecular complexity index is 1250. The minimum atomic E-state index is -4.40. The smallest absolute Gasteiger partial charge is 0.416 e. The molecular formula is C23H18F3N3O2. The first-order valence-electron chi connectivity index (χ1n) is 9.62. The molecule has 0 atom stereocenters. The van der Waals surface area contributed by atoms with E-state index in [0.717, 1.165) is 17.7 Å². The third kappa shape index (κ3) is 4.42. The van der Waals surface area contributed by atoms with Gasteiger partial charge in [0.1, 0.15) is 0 Å². The Kier molecular flexibility index (Phi) is 5.46. The van der Waals surface area contributed by atoms with Gasteiger partial charge in [-0.25, -0.2) is 14.3 Å². The second kappa shape index (κ2) is 8.22. The first kappa shape index (κ1) is 20.6. The molecule has 0 unspecified atom stereocenters. The fourth-order valence-electron chi connectivity index (χ4n) is 3.33. The van der Waals surface area contributed by atoms with Gasteiger partial charge in [0.15, 0.2) is 5.65 Å². The molecule has 31 heavy (non-hydrogen) atoms. The Morgan fingerprint density at radius 3 is 2.65 bits per heavy atom. The molecule has 2 aromatic heterocycles. The third-order valence-electron chi connectivity index (χ3n) is 4.72. The van der Waals surface area contributed by atoms with Crippen LogP contribution in [0.5, 0.6) is 0 Å². The van der Waals surface area contributed by atoms with Gasteiger partial charge in [-0.15, -0.1) is 0 Å². The lowest BCUT2D eigenvalue weighted by Crippen LogP contribution is -2.05. The number of rotatable bonds is 5. The molecule has 0 bridgehead atoms. The highest BCUT2D eigenvalue weighted by Crippen LogP contribution is 2.30. The van der Waals surface area contributed by atoms with E-state index in [0.29, 0.717) is 28.2 Å². The lowest BCUT2D eigenvalue weighted by atomic mass is 10.1. The molecule has 4 aromatic rings. The number of halogens is 3. The second-order valence-corrected chi connectivity index (χ2v) is 6.91. The number of carbonyl (C=O) groups excluding carboxylic acids is 1. The maximum Gasteiger partial charge on any atom is 0.416 e. The Morgan fingerprint density at radius 2 is 1.87 bits per heavy atom. The van der Waals surface area contributed by atoms with Crippen LogP contribution in [0.15, 0.2) is 66.9 Å². The largest absolute Gasteiger partial charge is 0.462 e. The predicted molar refractivity (Wildman–Crippen MR) is 109 cm³/mol. The van der Waals surface area contributed by atoms with Crippen molar-refractivity contribution in [3.05, 3.63) is 89.2 Å². The van der Waals surface area contributed by atoms with Crippen LogP contribution >= 0.6 is 0 Å². The van der Waals surface area contributed by atoms with Crippen molar-refractivity contribution in [3.8, 4) is 11.3 Å². The maximum absolute atomic E-state index is 13.0. The van der Waals surface area contributed by atoms with Gasteiger partial charge in [0, 0.05) is 24.2 Å². The minimum absolute atomic E-state index is 0.232. The van der Waals surface area contributed by atoms with Crippen molar-refractivity contribution in [1.29, 1.82) is 0 Å². The average molecular weight is 425 g/mol. The number of benzene rings is 2. The van der Waals surface area contributed by atoms with Crippen molar-refractivity contribution in [2.24, 2.45) is 0 Å². The summed E-state index contributed by atoms with van der Waals surface area (Å²) in [7, 11) is 0. The van der Waals surface area contributed by atoms with Crippen molar-refractivity contribution in [2.45, 2.75) is 19.5 Å². The molecule has 0 aliphatic carbocycles. The zero-order chi connectivity index (χ0) is 22.0. The van der Waals surface area contributed by atoms with Gasteiger partial charge in [-0.3, -0.25) is 0 Å². The molecule has 0 spiro atoms. The summed E-state index contributed by atoms with van der Waals surface area (Å²) >= 11 is 0. The molecule has 0 N–H and O–H groups in total. The van der Waals surface area contributed by atoms with Gasteiger partial charge in [0.2, 0.25) is 0 Å². The van der Waals surface area contributed by atoms with E-state index < -0.39 is 17.7 Å². The molecule has 8 heteroatoms. The summed E-state index contributed by atoms with van der Waals surface area (Å²) in [5, 5.41) is 4.54. The summed E-state index contributed by atoms with van der Waals surface area (Å²) in [6.07, 6.45) is -2.54. The average Bonchev–Trinajstić information content (AvgIpc) is 3.16. The second-order valence-electron chi connectivity index (χ2n) is 6.91. The monoisotopic (exact) mass is 425 g/mol. The van der Waals surface area contributed by atoms with Gasteiger partial charge in [0.05, 0.1) is 29.1 Å². The molecule has 0 fully saturated rings. The third-order valence-corrected chi connectivity index (χ3v) is 4.72. The maximum atomic E-state index is 13.0. The molecule has 0 amide bonds. The number of hydrogen-bond acceptors (Lipinski definition) is 4. The number of hydrogen-bond donors (Lipinski definition) is 0. The van der Waals surface area contributed by atoms with Crippen LogP contribution in [0.4, 0.5) is 13.2 Å². The van der Waals surface area contributed by atoms with Crippen molar-refractivity contribution in [1.82, 2.24) is 14.6 Å². The van der Waals surface area contributed by atoms with Crippen molar-refractivity contribution < 1.29 is 22.7 Å². The molecule has 0 saturated carbocycles. The zero-order valence-electron chi connectivity index (χ0n) is 16.6. The number of carbonyl (C=O) groups is 1. The summed E-state index contributed by atoms with van der Waals surface area (Å²) < 4.78 is 45.6. The normalized spacial score (nSPS) is 11.6. The lowest BCUT2D eigenvalue weighted by molar-refractivity contribution is -0.137. The van der Waals surface area contributed by atoms with Crippen LogP contribution in [0.3, 0.4) is 0 Å². The predicted octanol–water partition coefficient (Wildman–Crippen LogP) is 5.18. The Labute approximate surface area is 176 Å². The summed E-state index contributed by atoms with van der Waals surface area (Å²) in [5.41, 5.74) is 2.81. The standard InChI is InChI=1S/C23H18F3N3O2/c1-2-31-22(30)17-7-4-6-16(13-17)20-9-10-27-21-14-19(28-29(20)21)12-15-5-3-8-18(11-15)23(24,25)26/h3-11,13-14H,2,12H2,1H3. The molecule has 158 valence electrons. The number of aromatic nitrogens is 3. The summed E-state index contributed by atoms with van der Waals surface area (Å²) in [6.45, 7) is 2.02. The van der Waals surface area contributed by atoms with Gasteiger partial charge in [-0.2, -0.15) is 18.3 Å². The molecule has 2 heterocycles. The van der Waals surface area contributed by atoms with E-state index in [2.05, 4.69) is 10.1 Å². The fourth-order valence-corrected chi connectivity index (χ4v) is 3.33. The topological polar surface area (TPSA) is 56.5 Å². The number of esters is 1. The van der Waals surface area contributed by atoms with Gasteiger partial charge in [0.25, 0.3) is 0 Å². The van der Waals surface area contributed by atoms with Crippen LogP contribution in [0, 0.1) is 0 Å². The molecule has 0 aliphatic rings.